The van der Waals surface area contributed by atoms with Crippen LogP contribution in [0.25, 0.3) is 0 Å². The van der Waals surface area contributed by atoms with Crippen molar-refractivity contribution in [2.75, 3.05) is 49.5 Å². The zero-order chi connectivity index (χ0) is 25.1. The van der Waals surface area contributed by atoms with Crippen LogP contribution >= 0.6 is 0 Å². The number of alkyl halides is 1. The molecule has 0 saturated carbocycles. The van der Waals surface area contributed by atoms with Crippen LogP contribution in [0.5, 0.6) is 0 Å². The number of likely N-dealkylation sites (tertiary alicyclic amines) is 1. The Morgan fingerprint density at radius 3 is 2.49 bits per heavy atom. The molecular weight excluding hydrogens is 466 g/mol. The Hall–Kier alpha value is -2.81. The lowest BCUT2D eigenvalue weighted by Crippen LogP contribution is -2.62. The normalized spacial score (nSPS) is 25.5. The predicted molar refractivity (Wildman–Crippen MR) is 122 cm³/mol. The molecule has 6 N–H and O–H groups in total. The van der Waals surface area contributed by atoms with Crippen LogP contribution in [0.15, 0.2) is 17.6 Å². The molecule has 3 aliphatic rings. The van der Waals surface area contributed by atoms with Gasteiger partial charge in [0, 0.05) is 45.2 Å². The van der Waals surface area contributed by atoms with Gasteiger partial charge in [-0.2, -0.15) is 0 Å². The molecule has 0 radical (unpaired) electrons. The number of hydrogen-bond donors (Lipinski definition) is 5. The van der Waals surface area contributed by atoms with Crippen LogP contribution in [-0.2, 0) is 9.59 Å². The number of amides is 2. The van der Waals surface area contributed by atoms with Gasteiger partial charge in [0.05, 0.1) is 30.4 Å². The molecule has 192 valence electrons. The lowest BCUT2D eigenvalue weighted by molar-refractivity contribution is -0.146. The Morgan fingerprint density at radius 2 is 1.89 bits per heavy atom. The minimum Gasteiger partial charge on any atom is -0.389 e. The topological polar surface area (TPSA) is 165 Å². The SMILES string of the molecule is NC(N=O)C(C(=O)Nc1cncc(F)c1N1CCC(C(=O)N2CC(O)C2)CC1)C1NCC(F)CN1. The third-order valence-corrected chi connectivity index (χ3v) is 6.74. The van der Waals surface area contributed by atoms with Crippen LogP contribution in [0.3, 0.4) is 0 Å². The van der Waals surface area contributed by atoms with Crippen LogP contribution in [0.2, 0.25) is 0 Å². The molecule has 35 heavy (non-hydrogen) atoms. The van der Waals surface area contributed by atoms with Gasteiger partial charge in [0.1, 0.15) is 17.8 Å². The molecule has 2 atom stereocenters. The summed E-state index contributed by atoms with van der Waals surface area (Å²) in [5.74, 6) is -2.77. The van der Waals surface area contributed by atoms with Crippen LogP contribution in [-0.4, -0.2) is 90.7 Å². The highest BCUT2D eigenvalue weighted by Gasteiger charge is 2.38. The van der Waals surface area contributed by atoms with Crippen molar-refractivity contribution in [1.82, 2.24) is 20.5 Å². The lowest BCUT2D eigenvalue weighted by Gasteiger charge is -2.41. The van der Waals surface area contributed by atoms with Crippen molar-refractivity contribution in [3.63, 3.8) is 0 Å². The number of piperidine rings is 1. The summed E-state index contributed by atoms with van der Waals surface area (Å²) < 4.78 is 28.4. The summed E-state index contributed by atoms with van der Waals surface area (Å²) in [6.07, 6.45) is -0.552. The second-order valence-corrected chi connectivity index (χ2v) is 9.18. The third-order valence-electron chi connectivity index (χ3n) is 6.74. The Kier molecular flexibility index (Phi) is 7.84. The van der Waals surface area contributed by atoms with E-state index in [4.69, 9.17) is 5.73 Å². The quantitative estimate of drug-likeness (QED) is 0.301. The maximum Gasteiger partial charge on any atom is 0.234 e. The second kappa shape index (κ2) is 10.8. The predicted octanol–water partition coefficient (Wildman–Crippen LogP) is -0.897. The Labute approximate surface area is 200 Å². The highest BCUT2D eigenvalue weighted by Crippen LogP contribution is 2.33. The fourth-order valence-electron chi connectivity index (χ4n) is 4.78. The van der Waals surface area contributed by atoms with Gasteiger partial charge in [0.15, 0.2) is 12.0 Å². The molecule has 4 heterocycles. The first kappa shape index (κ1) is 25.3. The van der Waals surface area contributed by atoms with E-state index in [2.05, 4.69) is 26.1 Å². The number of nitrogens with two attached hydrogens (primary N) is 1. The van der Waals surface area contributed by atoms with E-state index < -0.39 is 42.2 Å². The minimum atomic E-state index is -1.43. The summed E-state index contributed by atoms with van der Waals surface area (Å²) in [5, 5.41) is 20.4. The summed E-state index contributed by atoms with van der Waals surface area (Å²) in [6.45, 7) is 1.37. The van der Waals surface area contributed by atoms with Gasteiger partial charge in [-0.3, -0.25) is 25.2 Å². The average Bonchev–Trinajstić information content (AvgIpc) is 2.83. The highest BCUT2D eigenvalue weighted by molar-refractivity contribution is 5.96. The molecule has 0 spiro atoms. The standard InChI is InChI=1S/C21H30F2N8O4/c22-12-5-26-19(27-6-12)16(18(24)29-35)20(33)28-15-8-25-7-14(23)17(15)30-3-1-11(2-4-30)21(34)31-9-13(32)10-31/h7-8,11-13,16,18-19,26-27,32H,1-6,9-10,24H2,(H,28,33). The van der Waals surface area contributed by atoms with Gasteiger partial charge < -0.3 is 26.0 Å². The Bertz CT molecular complexity index is 934. The monoisotopic (exact) mass is 496 g/mol. The number of anilines is 2. The number of aromatic nitrogens is 1. The summed E-state index contributed by atoms with van der Waals surface area (Å²) in [5.41, 5.74) is 5.99. The number of carbonyl (C=O) groups excluding carboxylic acids is 2. The van der Waals surface area contributed by atoms with Crippen LogP contribution in [0.1, 0.15) is 12.8 Å². The van der Waals surface area contributed by atoms with Crippen molar-refractivity contribution in [2.24, 2.45) is 22.7 Å². The van der Waals surface area contributed by atoms with Gasteiger partial charge in [-0.1, -0.05) is 5.18 Å². The number of rotatable bonds is 7. The number of aliphatic hydroxyl groups excluding tert-OH is 1. The number of halogens is 2. The van der Waals surface area contributed by atoms with Crippen molar-refractivity contribution in [3.8, 4) is 0 Å². The van der Waals surface area contributed by atoms with E-state index in [1.165, 1.54) is 6.20 Å². The van der Waals surface area contributed by atoms with E-state index in [1.54, 1.807) is 9.80 Å². The second-order valence-electron chi connectivity index (χ2n) is 9.18. The first-order chi connectivity index (χ1) is 16.8. The molecule has 1 aromatic heterocycles. The number of aliphatic hydroxyl groups is 1. The summed E-state index contributed by atoms with van der Waals surface area (Å²) in [7, 11) is 0. The van der Waals surface area contributed by atoms with Crippen molar-refractivity contribution in [3.05, 3.63) is 23.1 Å². The van der Waals surface area contributed by atoms with Crippen LogP contribution in [0.4, 0.5) is 20.2 Å². The van der Waals surface area contributed by atoms with Gasteiger partial charge in [-0.15, -0.1) is 4.91 Å². The van der Waals surface area contributed by atoms with Gasteiger partial charge in [0.2, 0.25) is 11.8 Å². The number of nitrogens with one attached hydrogen (secondary N) is 3. The maximum atomic E-state index is 14.9. The molecule has 0 bridgehead atoms. The first-order valence-corrected chi connectivity index (χ1v) is 11.6. The molecule has 3 saturated heterocycles. The fourth-order valence-corrected chi connectivity index (χ4v) is 4.78. The Balaban J connectivity index is 1.45. The molecule has 0 aliphatic carbocycles. The number of carbonyl (C=O) groups is 2. The van der Waals surface area contributed by atoms with E-state index >= 15 is 0 Å². The van der Waals surface area contributed by atoms with E-state index in [9.17, 15) is 28.4 Å². The van der Waals surface area contributed by atoms with Crippen LogP contribution in [0, 0.1) is 22.6 Å². The van der Waals surface area contributed by atoms with Crippen molar-refractivity contribution < 1.29 is 23.5 Å². The number of nitrogens with zero attached hydrogens (tertiary/aromatic N) is 4. The van der Waals surface area contributed by atoms with E-state index in [0.717, 1.165) is 6.20 Å². The number of nitroso groups, excluding NO2 is 1. The third kappa shape index (κ3) is 5.55. The molecule has 3 aliphatic heterocycles. The summed E-state index contributed by atoms with van der Waals surface area (Å²) in [4.78, 5) is 44.0. The zero-order valence-electron chi connectivity index (χ0n) is 19.1. The molecule has 12 nitrogen and oxygen atoms in total. The summed E-state index contributed by atoms with van der Waals surface area (Å²) in [6, 6.07) is 0. The van der Waals surface area contributed by atoms with Gasteiger partial charge in [-0.25, -0.2) is 8.78 Å². The minimum absolute atomic E-state index is 0.0140. The number of hydrogen-bond acceptors (Lipinski definition) is 10. The Morgan fingerprint density at radius 1 is 1.23 bits per heavy atom. The number of pyridine rings is 1. The van der Waals surface area contributed by atoms with Crippen LogP contribution < -0.4 is 26.6 Å². The number of β-amino-alcohol motifs (C(OH)–C–C–N with tert-alkyl or cyclic N) is 1. The zero-order valence-corrected chi connectivity index (χ0v) is 19.1. The lowest BCUT2D eigenvalue weighted by atomic mass is 9.93. The largest absolute Gasteiger partial charge is 0.389 e. The molecular formula is C21H30F2N8O4. The van der Waals surface area contributed by atoms with Crippen molar-refractivity contribution in [2.45, 2.75) is 37.4 Å². The van der Waals surface area contributed by atoms with Gasteiger partial charge in [-0.05, 0) is 12.8 Å². The molecule has 2 unspecified atom stereocenters. The van der Waals surface area contributed by atoms with Crippen molar-refractivity contribution >= 4 is 23.2 Å². The smallest absolute Gasteiger partial charge is 0.234 e. The first-order valence-electron chi connectivity index (χ1n) is 11.6. The van der Waals surface area contributed by atoms with E-state index in [1.807, 2.05) is 0 Å². The van der Waals surface area contributed by atoms with E-state index in [0.29, 0.717) is 39.0 Å². The van der Waals surface area contributed by atoms with Gasteiger partial charge >= 0.3 is 0 Å². The molecule has 4 rings (SSSR count). The average molecular weight is 497 g/mol. The van der Waals surface area contributed by atoms with Gasteiger partial charge in [0.25, 0.3) is 0 Å². The molecule has 3 fully saturated rings. The fraction of sp³-hybridized carbons (Fsp3) is 0.667. The molecule has 0 aromatic carbocycles. The van der Waals surface area contributed by atoms with E-state index in [-0.39, 0.29) is 36.3 Å². The summed E-state index contributed by atoms with van der Waals surface area (Å²) >= 11 is 0. The maximum absolute atomic E-state index is 14.9. The van der Waals surface area contributed by atoms with Crippen molar-refractivity contribution in [1.29, 1.82) is 0 Å². The highest BCUT2D eigenvalue weighted by atomic mass is 19.1. The molecule has 14 heteroatoms. The molecule has 2 amide bonds. The molecule has 1 aromatic rings.